The summed E-state index contributed by atoms with van der Waals surface area (Å²) in [6.45, 7) is 0. The van der Waals surface area contributed by atoms with E-state index in [-0.39, 0.29) is 0 Å². The number of rotatable bonds is 4. The lowest BCUT2D eigenvalue weighted by Gasteiger charge is -2.13. The minimum Gasteiger partial charge on any atom is -0.309 e. The van der Waals surface area contributed by atoms with Gasteiger partial charge in [-0.1, -0.05) is 115 Å². The van der Waals surface area contributed by atoms with Crippen molar-refractivity contribution in [2.45, 2.75) is 0 Å². The van der Waals surface area contributed by atoms with Crippen molar-refractivity contribution < 1.29 is 0 Å². The third kappa shape index (κ3) is 4.40. The Morgan fingerprint density at radius 2 is 0.980 bits per heavy atom. The highest BCUT2D eigenvalue weighted by molar-refractivity contribution is 7.26. The maximum Gasteiger partial charge on any atom is 0.165 e. The Labute approximate surface area is 300 Å². The van der Waals surface area contributed by atoms with Gasteiger partial charge in [-0.3, -0.25) is 0 Å². The fourth-order valence-corrected chi connectivity index (χ4v) is 9.90. The molecule has 0 amide bonds. The molecule has 0 spiro atoms. The predicted molar refractivity (Wildman–Crippen MR) is 216 cm³/mol. The van der Waals surface area contributed by atoms with Gasteiger partial charge in [-0.15, -0.1) is 22.7 Å². The van der Waals surface area contributed by atoms with E-state index in [9.17, 15) is 0 Å². The zero-order valence-electron chi connectivity index (χ0n) is 27.1. The van der Waals surface area contributed by atoms with Crippen molar-refractivity contribution in [3.8, 4) is 39.9 Å². The van der Waals surface area contributed by atoms with Crippen LogP contribution >= 0.6 is 22.7 Å². The third-order valence-electron chi connectivity index (χ3n) is 9.84. The molecule has 0 aliphatic rings. The third-order valence-corrected chi connectivity index (χ3v) is 12.2. The van der Waals surface area contributed by atoms with Gasteiger partial charge in [0.25, 0.3) is 0 Å². The number of hydrogen-bond donors (Lipinski definition) is 0. The molecule has 4 nitrogen and oxygen atoms in total. The molecule has 0 unspecified atom stereocenters. The SMILES string of the molecule is c1ccc(-c2nc(-c3ccccc3)nc(-c3cc(-n4c5ccccc5c5c6c(ccc54)sc4ccccc46)cc4c3sc3ccccc34)n2)cc1. The molecule has 6 heteroatoms. The first-order chi connectivity index (χ1) is 25.3. The van der Waals surface area contributed by atoms with Crippen LogP contribution in [-0.2, 0) is 0 Å². The second kappa shape index (κ2) is 11.2. The standard InChI is InChI=1S/C45H26N4S2/c1-3-13-27(14-4-1)43-46-44(28-15-5-2-6-16-28)48-45(47-43)34-26-29(25-33-30-17-8-11-21-37(30)51-42(33)34)49-35-20-10-7-18-31(35)40-36(49)23-24-39-41(40)32-19-9-12-22-38(32)50-39/h1-26H. The molecule has 0 aliphatic heterocycles. The van der Waals surface area contributed by atoms with E-state index in [4.69, 9.17) is 15.0 Å². The summed E-state index contributed by atoms with van der Waals surface area (Å²) in [6, 6.07) is 55.9. The van der Waals surface area contributed by atoms with Crippen molar-refractivity contribution in [2.24, 2.45) is 0 Å². The largest absolute Gasteiger partial charge is 0.309 e. The topological polar surface area (TPSA) is 43.6 Å². The zero-order valence-corrected chi connectivity index (χ0v) is 28.7. The average molecular weight is 687 g/mol. The number of hydrogen-bond acceptors (Lipinski definition) is 5. The van der Waals surface area contributed by atoms with Crippen LogP contribution in [0.5, 0.6) is 0 Å². The van der Waals surface area contributed by atoms with E-state index in [1.54, 1.807) is 11.3 Å². The lowest BCUT2D eigenvalue weighted by molar-refractivity contribution is 1.07. The van der Waals surface area contributed by atoms with Gasteiger partial charge in [-0.2, -0.15) is 0 Å². The zero-order chi connectivity index (χ0) is 33.5. The monoisotopic (exact) mass is 686 g/mol. The van der Waals surface area contributed by atoms with E-state index < -0.39 is 0 Å². The fraction of sp³-hybridized carbons (Fsp3) is 0. The second-order valence-corrected chi connectivity index (χ2v) is 14.9. The smallest absolute Gasteiger partial charge is 0.165 e. The first kappa shape index (κ1) is 28.6. The van der Waals surface area contributed by atoms with E-state index in [1.165, 1.54) is 57.5 Å². The summed E-state index contributed by atoms with van der Waals surface area (Å²) in [5.41, 5.74) is 6.34. The highest BCUT2D eigenvalue weighted by Crippen LogP contribution is 2.46. The van der Waals surface area contributed by atoms with Crippen LogP contribution in [-0.4, -0.2) is 19.5 Å². The molecule has 0 saturated carbocycles. The molecule has 0 atom stereocenters. The van der Waals surface area contributed by atoms with Crippen molar-refractivity contribution in [3.05, 3.63) is 158 Å². The molecule has 4 aromatic heterocycles. The molecule has 0 bridgehead atoms. The molecule has 0 aliphatic carbocycles. The van der Waals surface area contributed by atoms with Gasteiger partial charge in [0.2, 0.25) is 0 Å². The van der Waals surface area contributed by atoms with Gasteiger partial charge in [0.05, 0.1) is 11.0 Å². The molecule has 11 aromatic rings. The normalized spacial score (nSPS) is 11.9. The molecule has 0 saturated heterocycles. The van der Waals surface area contributed by atoms with Crippen molar-refractivity contribution in [3.63, 3.8) is 0 Å². The minimum atomic E-state index is 0.655. The summed E-state index contributed by atoms with van der Waals surface area (Å²) in [7, 11) is 0. The molecule has 0 radical (unpaired) electrons. The van der Waals surface area contributed by atoms with Crippen molar-refractivity contribution in [2.75, 3.05) is 0 Å². The minimum absolute atomic E-state index is 0.655. The van der Waals surface area contributed by atoms with Gasteiger partial charge in [0, 0.05) is 73.5 Å². The van der Waals surface area contributed by atoms with E-state index in [0.29, 0.717) is 17.5 Å². The van der Waals surface area contributed by atoms with Gasteiger partial charge >= 0.3 is 0 Å². The average Bonchev–Trinajstić information content (AvgIpc) is 3.87. The van der Waals surface area contributed by atoms with Crippen LogP contribution in [0.4, 0.5) is 0 Å². The van der Waals surface area contributed by atoms with Gasteiger partial charge in [0.1, 0.15) is 0 Å². The molecule has 11 rings (SSSR count). The summed E-state index contributed by atoms with van der Waals surface area (Å²) in [5.74, 6) is 1.97. The number of nitrogens with zero attached hydrogens (tertiary/aromatic N) is 4. The van der Waals surface area contributed by atoms with Gasteiger partial charge < -0.3 is 4.57 Å². The Bertz CT molecular complexity index is 3080. The van der Waals surface area contributed by atoms with Crippen LogP contribution in [0.15, 0.2) is 158 Å². The molecule has 0 N–H and O–H groups in total. The molecule has 238 valence electrons. The quantitative estimate of drug-likeness (QED) is 0.185. The molecule has 0 fully saturated rings. The van der Waals surface area contributed by atoms with Crippen LogP contribution in [0.25, 0.3) is 102 Å². The van der Waals surface area contributed by atoms with Crippen LogP contribution in [0, 0.1) is 0 Å². The summed E-state index contributed by atoms with van der Waals surface area (Å²) in [6.07, 6.45) is 0. The summed E-state index contributed by atoms with van der Waals surface area (Å²) < 4.78 is 7.45. The Morgan fingerprint density at radius 3 is 1.71 bits per heavy atom. The molecular weight excluding hydrogens is 661 g/mol. The predicted octanol–water partition coefficient (Wildman–Crippen LogP) is 12.7. The number of benzene rings is 7. The molecule has 51 heavy (non-hydrogen) atoms. The van der Waals surface area contributed by atoms with Crippen LogP contribution in [0.1, 0.15) is 0 Å². The van der Waals surface area contributed by atoms with Gasteiger partial charge in [-0.25, -0.2) is 15.0 Å². The first-order valence-electron chi connectivity index (χ1n) is 16.9. The van der Waals surface area contributed by atoms with E-state index in [1.807, 2.05) is 47.7 Å². The lowest BCUT2D eigenvalue weighted by Crippen LogP contribution is -2.01. The number of thiophene rings is 2. The summed E-state index contributed by atoms with van der Waals surface area (Å²) in [5, 5.41) is 7.58. The van der Waals surface area contributed by atoms with Crippen molar-refractivity contribution in [1.82, 2.24) is 19.5 Å². The maximum absolute atomic E-state index is 5.21. The highest BCUT2D eigenvalue weighted by Gasteiger charge is 2.22. The van der Waals surface area contributed by atoms with E-state index in [0.717, 1.165) is 27.1 Å². The number of para-hydroxylation sites is 1. The van der Waals surface area contributed by atoms with Crippen molar-refractivity contribution >= 4 is 84.8 Å². The Hall–Kier alpha value is -6.21. The molecule has 7 aromatic carbocycles. The Balaban J connectivity index is 1.26. The Morgan fingerprint density at radius 1 is 0.392 bits per heavy atom. The van der Waals surface area contributed by atoms with Crippen molar-refractivity contribution in [1.29, 1.82) is 0 Å². The highest BCUT2D eigenvalue weighted by atomic mass is 32.1. The number of aromatic nitrogens is 4. The maximum atomic E-state index is 5.21. The van der Waals surface area contributed by atoms with E-state index >= 15 is 0 Å². The van der Waals surface area contributed by atoms with E-state index in [2.05, 4.69) is 126 Å². The molecule has 4 heterocycles. The first-order valence-corrected chi connectivity index (χ1v) is 18.6. The van der Waals surface area contributed by atoms with Crippen LogP contribution in [0.2, 0.25) is 0 Å². The van der Waals surface area contributed by atoms with Crippen LogP contribution < -0.4 is 0 Å². The molecular formula is C45H26N4S2. The summed E-state index contributed by atoms with van der Waals surface area (Å²) in [4.78, 5) is 15.4. The number of fused-ring (bicyclic) bond motifs is 10. The summed E-state index contributed by atoms with van der Waals surface area (Å²) >= 11 is 3.66. The lowest BCUT2D eigenvalue weighted by atomic mass is 10.1. The Kier molecular flexibility index (Phi) is 6.26. The van der Waals surface area contributed by atoms with Gasteiger partial charge in [0.15, 0.2) is 17.5 Å². The second-order valence-electron chi connectivity index (χ2n) is 12.8. The fourth-order valence-electron chi connectivity index (χ4n) is 7.59. The van der Waals surface area contributed by atoms with Crippen LogP contribution in [0.3, 0.4) is 0 Å². The van der Waals surface area contributed by atoms with Gasteiger partial charge in [-0.05, 0) is 42.5 Å².